The minimum atomic E-state index is -0.216. The molecule has 0 fully saturated rings. The summed E-state index contributed by atoms with van der Waals surface area (Å²) in [6.45, 7) is 2.78. The first-order valence-electron chi connectivity index (χ1n) is 7.81. The fourth-order valence-electron chi connectivity index (χ4n) is 3.03. The summed E-state index contributed by atoms with van der Waals surface area (Å²) in [5.41, 5.74) is 2.85. The van der Waals surface area contributed by atoms with Crippen molar-refractivity contribution in [3.63, 3.8) is 0 Å². The van der Waals surface area contributed by atoms with Crippen molar-refractivity contribution in [3.8, 4) is 11.5 Å². The predicted octanol–water partition coefficient (Wildman–Crippen LogP) is 3.15. The Morgan fingerprint density at radius 2 is 1.91 bits per heavy atom. The van der Waals surface area contributed by atoms with E-state index in [1.54, 1.807) is 0 Å². The highest BCUT2D eigenvalue weighted by molar-refractivity contribution is 6.05. The van der Waals surface area contributed by atoms with E-state index in [2.05, 4.69) is 5.32 Å². The first kappa shape index (κ1) is 13.9. The molecule has 0 aromatic heterocycles. The van der Waals surface area contributed by atoms with Crippen molar-refractivity contribution in [2.75, 3.05) is 17.0 Å². The lowest BCUT2D eigenvalue weighted by Crippen LogP contribution is -2.46. The van der Waals surface area contributed by atoms with Crippen LogP contribution in [0.3, 0.4) is 0 Å². The van der Waals surface area contributed by atoms with Crippen LogP contribution in [-0.4, -0.2) is 18.7 Å². The molecule has 0 aliphatic carbocycles. The van der Waals surface area contributed by atoms with Gasteiger partial charge in [0.05, 0.1) is 17.9 Å². The number of carbonyl (C=O) groups is 1. The average molecular weight is 310 g/mol. The quantitative estimate of drug-likeness (QED) is 0.946. The third kappa shape index (κ3) is 2.38. The highest BCUT2D eigenvalue weighted by Crippen LogP contribution is 2.43. The Morgan fingerprint density at radius 3 is 2.65 bits per heavy atom. The molecule has 2 aliphatic rings. The van der Waals surface area contributed by atoms with Gasteiger partial charge in [-0.1, -0.05) is 37.3 Å². The molecule has 4 rings (SSSR count). The molecule has 1 unspecified atom stereocenters. The van der Waals surface area contributed by atoms with Gasteiger partial charge in [-0.25, -0.2) is 0 Å². The number of carbonyl (C=O) groups excluding carboxylic acids is 1. The van der Waals surface area contributed by atoms with Crippen molar-refractivity contribution in [2.24, 2.45) is 0 Å². The van der Waals surface area contributed by atoms with E-state index in [0.717, 1.165) is 29.1 Å². The van der Waals surface area contributed by atoms with E-state index < -0.39 is 0 Å². The average Bonchev–Trinajstić information content (AvgIpc) is 3.04. The summed E-state index contributed by atoms with van der Waals surface area (Å²) >= 11 is 0. The van der Waals surface area contributed by atoms with E-state index in [-0.39, 0.29) is 18.7 Å². The van der Waals surface area contributed by atoms with Gasteiger partial charge in [-0.3, -0.25) is 4.79 Å². The number of hydrogen-bond acceptors (Lipinski definition) is 4. The number of rotatable bonds is 3. The summed E-state index contributed by atoms with van der Waals surface area (Å²) in [7, 11) is 0. The van der Waals surface area contributed by atoms with Gasteiger partial charge in [0.25, 0.3) is 0 Å². The molecule has 0 saturated heterocycles. The van der Waals surface area contributed by atoms with Crippen molar-refractivity contribution in [1.29, 1.82) is 0 Å². The van der Waals surface area contributed by atoms with Crippen LogP contribution >= 0.6 is 0 Å². The lowest BCUT2D eigenvalue weighted by Gasteiger charge is -2.35. The zero-order valence-electron chi connectivity index (χ0n) is 12.9. The third-order valence-corrected chi connectivity index (χ3v) is 4.27. The molecule has 118 valence electrons. The second-order valence-electron chi connectivity index (χ2n) is 5.74. The molecule has 0 saturated carbocycles. The minimum Gasteiger partial charge on any atom is -0.454 e. The monoisotopic (exact) mass is 310 g/mol. The molecule has 0 bridgehead atoms. The smallest absolute Gasteiger partial charge is 0.249 e. The lowest BCUT2D eigenvalue weighted by molar-refractivity contribution is -0.119. The highest BCUT2D eigenvalue weighted by Gasteiger charge is 2.33. The minimum absolute atomic E-state index is 0.0859. The van der Waals surface area contributed by atoms with Crippen LogP contribution in [0, 0.1) is 0 Å². The molecule has 23 heavy (non-hydrogen) atoms. The molecule has 2 heterocycles. The molecule has 1 atom stereocenters. The maximum absolute atomic E-state index is 12.8. The van der Waals surface area contributed by atoms with Gasteiger partial charge >= 0.3 is 0 Å². The van der Waals surface area contributed by atoms with Crippen LogP contribution in [-0.2, 0) is 11.3 Å². The van der Waals surface area contributed by atoms with Gasteiger partial charge < -0.3 is 19.7 Å². The normalized spacial score (nSPS) is 18.6. The molecule has 0 radical (unpaired) electrons. The summed E-state index contributed by atoms with van der Waals surface area (Å²) < 4.78 is 10.9. The summed E-state index contributed by atoms with van der Waals surface area (Å²) in [6.07, 6.45) is 0.734. The molecule has 5 heteroatoms. The number of anilines is 2. The SMILES string of the molecule is CCC1Nc2cc3c(cc2N(Cc2ccccc2)C1=O)OCO3. The Hall–Kier alpha value is -2.69. The maximum Gasteiger partial charge on any atom is 0.249 e. The summed E-state index contributed by atoms with van der Waals surface area (Å²) in [6, 6.07) is 13.6. The Bertz CT molecular complexity index is 745. The molecule has 1 N–H and O–H groups in total. The number of fused-ring (bicyclic) bond motifs is 2. The van der Waals surface area contributed by atoms with E-state index in [1.807, 2.05) is 54.3 Å². The number of hydrogen-bond donors (Lipinski definition) is 1. The Kier molecular flexibility index (Phi) is 3.33. The summed E-state index contributed by atoms with van der Waals surface area (Å²) in [4.78, 5) is 14.6. The third-order valence-electron chi connectivity index (χ3n) is 4.27. The van der Waals surface area contributed by atoms with E-state index in [1.165, 1.54) is 0 Å². The van der Waals surface area contributed by atoms with E-state index in [9.17, 15) is 4.79 Å². The number of ether oxygens (including phenoxy) is 2. The van der Waals surface area contributed by atoms with Gasteiger partial charge in [0.15, 0.2) is 11.5 Å². The van der Waals surface area contributed by atoms with Crippen LogP contribution in [0.15, 0.2) is 42.5 Å². The molecule has 1 amide bonds. The van der Waals surface area contributed by atoms with Gasteiger partial charge in [0, 0.05) is 12.1 Å². The first-order valence-corrected chi connectivity index (χ1v) is 7.81. The van der Waals surface area contributed by atoms with Crippen LogP contribution in [0.25, 0.3) is 0 Å². The number of amides is 1. The van der Waals surface area contributed by atoms with Crippen molar-refractivity contribution >= 4 is 17.3 Å². The summed E-state index contributed by atoms with van der Waals surface area (Å²) in [5, 5.41) is 3.32. The van der Waals surface area contributed by atoms with Gasteiger partial charge in [-0.15, -0.1) is 0 Å². The van der Waals surface area contributed by atoms with Crippen molar-refractivity contribution in [1.82, 2.24) is 0 Å². The van der Waals surface area contributed by atoms with Gasteiger partial charge in [-0.2, -0.15) is 0 Å². The number of nitrogens with one attached hydrogen (secondary N) is 1. The lowest BCUT2D eigenvalue weighted by atomic mass is 10.0. The second-order valence-corrected chi connectivity index (χ2v) is 5.74. The molecule has 2 aromatic carbocycles. The fourth-order valence-corrected chi connectivity index (χ4v) is 3.03. The van der Waals surface area contributed by atoms with Crippen LogP contribution in [0.1, 0.15) is 18.9 Å². The maximum atomic E-state index is 12.8. The topological polar surface area (TPSA) is 50.8 Å². The molecule has 0 spiro atoms. The number of benzene rings is 2. The molecular formula is C18H18N2O3. The highest BCUT2D eigenvalue weighted by atomic mass is 16.7. The van der Waals surface area contributed by atoms with Crippen molar-refractivity contribution in [2.45, 2.75) is 25.9 Å². The predicted molar refractivity (Wildman–Crippen MR) is 87.9 cm³/mol. The van der Waals surface area contributed by atoms with Crippen LogP contribution in [0.2, 0.25) is 0 Å². The molecule has 5 nitrogen and oxygen atoms in total. The van der Waals surface area contributed by atoms with Crippen LogP contribution in [0.5, 0.6) is 11.5 Å². The largest absolute Gasteiger partial charge is 0.454 e. The van der Waals surface area contributed by atoms with E-state index in [0.29, 0.717) is 12.3 Å². The molecule has 2 aromatic rings. The van der Waals surface area contributed by atoms with Crippen molar-refractivity contribution < 1.29 is 14.3 Å². The molecular weight excluding hydrogens is 292 g/mol. The Balaban J connectivity index is 1.76. The van der Waals surface area contributed by atoms with Crippen molar-refractivity contribution in [3.05, 3.63) is 48.0 Å². The van der Waals surface area contributed by atoms with Gasteiger partial charge in [0.1, 0.15) is 6.04 Å². The zero-order chi connectivity index (χ0) is 15.8. The van der Waals surface area contributed by atoms with Gasteiger partial charge in [-0.05, 0) is 12.0 Å². The first-order chi connectivity index (χ1) is 11.3. The number of nitrogens with zero attached hydrogens (tertiary/aromatic N) is 1. The molecule has 2 aliphatic heterocycles. The van der Waals surface area contributed by atoms with Crippen LogP contribution in [0.4, 0.5) is 11.4 Å². The standard InChI is InChI=1S/C18H18N2O3/c1-2-13-18(21)20(10-12-6-4-3-5-7-12)15-9-17-16(22-11-23-17)8-14(15)19-13/h3-9,13,19H,2,10-11H2,1H3. The second kappa shape index (κ2) is 5.50. The zero-order valence-corrected chi connectivity index (χ0v) is 12.9. The van der Waals surface area contributed by atoms with Gasteiger partial charge in [0.2, 0.25) is 12.7 Å². The Morgan fingerprint density at radius 1 is 1.17 bits per heavy atom. The van der Waals surface area contributed by atoms with E-state index in [4.69, 9.17) is 9.47 Å². The van der Waals surface area contributed by atoms with E-state index >= 15 is 0 Å². The fraction of sp³-hybridized carbons (Fsp3) is 0.278. The summed E-state index contributed by atoms with van der Waals surface area (Å²) in [5.74, 6) is 1.49. The Labute approximate surface area is 134 Å². The van der Waals surface area contributed by atoms with Crippen LogP contribution < -0.4 is 19.7 Å².